The molecule has 0 N–H and O–H groups in total. The molecule has 1 aliphatic rings. The van der Waals surface area contributed by atoms with Crippen LogP contribution in [0.5, 0.6) is 0 Å². The van der Waals surface area contributed by atoms with Crippen LogP contribution in [0.4, 0.5) is 0 Å². The summed E-state index contributed by atoms with van der Waals surface area (Å²) >= 11 is 1.54. The SMILES string of the molecule is CO/N=C1\CCCc2nnc(-c3sc(-c4cccnc4)nc3C)nc21. The van der Waals surface area contributed by atoms with E-state index < -0.39 is 0 Å². The summed E-state index contributed by atoms with van der Waals surface area (Å²) in [5.41, 5.74) is 4.35. The minimum absolute atomic E-state index is 0.578. The number of hydrogen-bond donors (Lipinski definition) is 0. The Kier molecular flexibility index (Phi) is 4.19. The van der Waals surface area contributed by atoms with Crippen LogP contribution in [0.3, 0.4) is 0 Å². The van der Waals surface area contributed by atoms with E-state index >= 15 is 0 Å². The van der Waals surface area contributed by atoms with Crippen LogP contribution in [0.1, 0.15) is 29.9 Å². The fourth-order valence-corrected chi connectivity index (χ4v) is 3.79. The van der Waals surface area contributed by atoms with Gasteiger partial charge in [-0.25, -0.2) is 9.97 Å². The minimum atomic E-state index is 0.578. The van der Waals surface area contributed by atoms with Gasteiger partial charge in [-0.1, -0.05) is 5.16 Å². The summed E-state index contributed by atoms with van der Waals surface area (Å²) in [5, 5.41) is 13.7. The Morgan fingerprint density at radius 2 is 2.12 bits per heavy atom. The predicted molar refractivity (Wildman–Crippen MR) is 95.4 cm³/mol. The fraction of sp³-hybridized carbons (Fsp3) is 0.294. The number of aryl methyl sites for hydroxylation is 2. The maximum absolute atomic E-state index is 4.95. The Labute approximate surface area is 148 Å². The lowest BCUT2D eigenvalue weighted by Gasteiger charge is -2.14. The monoisotopic (exact) mass is 352 g/mol. The van der Waals surface area contributed by atoms with Crippen LogP contribution in [0.25, 0.3) is 21.3 Å². The minimum Gasteiger partial charge on any atom is -0.399 e. The molecule has 0 fully saturated rings. The largest absolute Gasteiger partial charge is 0.399 e. The second-order valence-corrected chi connectivity index (χ2v) is 6.68. The van der Waals surface area contributed by atoms with Gasteiger partial charge in [-0.05, 0) is 38.3 Å². The van der Waals surface area contributed by atoms with Crippen LogP contribution < -0.4 is 0 Å². The zero-order chi connectivity index (χ0) is 17.2. The van der Waals surface area contributed by atoms with Crippen LogP contribution in [0.15, 0.2) is 29.7 Å². The third-order valence-corrected chi connectivity index (χ3v) is 5.17. The van der Waals surface area contributed by atoms with Gasteiger partial charge < -0.3 is 4.84 Å². The molecule has 0 aliphatic heterocycles. The number of nitrogens with zero attached hydrogens (tertiary/aromatic N) is 6. The third-order valence-electron chi connectivity index (χ3n) is 3.97. The molecule has 3 aromatic heterocycles. The lowest BCUT2D eigenvalue weighted by molar-refractivity contribution is 0.212. The van der Waals surface area contributed by atoms with Gasteiger partial charge in [0.15, 0.2) is 5.82 Å². The molecule has 0 unspecified atom stereocenters. The second-order valence-electron chi connectivity index (χ2n) is 5.68. The lowest BCUT2D eigenvalue weighted by Crippen LogP contribution is -2.17. The molecule has 0 spiro atoms. The molecule has 0 radical (unpaired) electrons. The van der Waals surface area contributed by atoms with Gasteiger partial charge in [-0.3, -0.25) is 4.98 Å². The summed E-state index contributed by atoms with van der Waals surface area (Å²) in [6.07, 6.45) is 6.23. The Morgan fingerprint density at radius 3 is 2.92 bits per heavy atom. The zero-order valence-corrected chi connectivity index (χ0v) is 14.7. The van der Waals surface area contributed by atoms with Gasteiger partial charge in [0, 0.05) is 18.0 Å². The molecule has 3 heterocycles. The van der Waals surface area contributed by atoms with Gasteiger partial charge in [0.1, 0.15) is 23.5 Å². The third kappa shape index (κ3) is 3.00. The second kappa shape index (κ2) is 6.64. The van der Waals surface area contributed by atoms with Crippen LogP contribution in [0.2, 0.25) is 0 Å². The van der Waals surface area contributed by atoms with E-state index in [1.807, 2.05) is 19.1 Å². The average molecular weight is 352 g/mol. The van der Waals surface area contributed by atoms with Crippen LogP contribution in [-0.2, 0) is 11.3 Å². The van der Waals surface area contributed by atoms with Crippen molar-refractivity contribution in [1.29, 1.82) is 0 Å². The summed E-state index contributed by atoms with van der Waals surface area (Å²) in [6, 6.07) is 3.89. The highest BCUT2D eigenvalue weighted by Gasteiger charge is 2.22. The number of rotatable bonds is 3. The van der Waals surface area contributed by atoms with E-state index in [0.29, 0.717) is 5.82 Å². The van der Waals surface area contributed by atoms with Crippen molar-refractivity contribution in [3.05, 3.63) is 41.6 Å². The maximum atomic E-state index is 4.95. The Morgan fingerprint density at radius 1 is 1.20 bits per heavy atom. The molecule has 0 aromatic carbocycles. The van der Waals surface area contributed by atoms with E-state index in [-0.39, 0.29) is 0 Å². The van der Waals surface area contributed by atoms with Crippen LogP contribution in [-0.4, -0.2) is 38.0 Å². The van der Waals surface area contributed by atoms with Gasteiger partial charge in [-0.2, -0.15) is 5.10 Å². The molecule has 0 atom stereocenters. The number of fused-ring (bicyclic) bond motifs is 1. The highest BCUT2D eigenvalue weighted by Crippen LogP contribution is 2.33. The number of hydrogen-bond acceptors (Lipinski definition) is 8. The first-order valence-corrected chi connectivity index (χ1v) is 8.80. The van der Waals surface area contributed by atoms with Gasteiger partial charge in [-0.15, -0.1) is 16.4 Å². The topological polar surface area (TPSA) is 86.0 Å². The first-order chi connectivity index (χ1) is 12.3. The molecule has 0 bridgehead atoms. The molecule has 126 valence electrons. The van der Waals surface area contributed by atoms with E-state index in [1.165, 1.54) is 0 Å². The first-order valence-electron chi connectivity index (χ1n) is 7.98. The summed E-state index contributed by atoms with van der Waals surface area (Å²) in [4.78, 5) is 19.4. The quantitative estimate of drug-likeness (QED) is 0.673. The van der Waals surface area contributed by atoms with E-state index in [0.717, 1.165) is 57.5 Å². The van der Waals surface area contributed by atoms with E-state index in [2.05, 4.69) is 25.3 Å². The molecular formula is C17H16N6OS. The van der Waals surface area contributed by atoms with E-state index in [4.69, 9.17) is 9.82 Å². The van der Waals surface area contributed by atoms with Crippen LogP contribution >= 0.6 is 11.3 Å². The number of aromatic nitrogens is 5. The molecule has 25 heavy (non-hydrogen) atoms. The maximum Gasteiger partial charge on any atom is 0.194 e. The van der Waals surface area contributed by atoms with Crippen molar-refractivity contribution in [3.8, 4) is 21.3 Å². The summed E-state index contributed by atoms with van der Waals surface area (Å²) in [7, 11) is 1.55. The number of pyridine rings is 1. The Balaban J connectivity index is 1.77. The van der Waals surface area contributed by atoms with Gasteiger partial charge in [0.2, 0.25) is 0 Å². The van der Waals surface area contributed by atoms with Crippen molar-refractivity contribution in [3.63, 3.8) is 0 Å². The van der Waals surface area contributed by atoms with E-state index in [9.17, 15) is 0 Å². The number of thiazole rings is 1. The summed E-state index contributed by atoms with van der Waals surface area (Å²) < 4.78 is 0. The molecule has 1 aliphatic carbocycles. The molecule has 0 amide bonds. The smallest absolute Gasteiger partial charge is 0.194 e. The predicted octanol–water partition coefficient (Wildman–Crippen LogP) is 3.05. The number of oxime groups is 1. The normalized spacial score (nSPS) is 15.2. The standard InChI is InChI=1S/C17H16N6OS/c1-10-15(25-17(19-10)11-5-4-8-18-9-11)16-20-14-12(21-22-16)6-3-7-13(14)23-24-2/h4-5,8-9H,3,6-7H2,1-2H3/b23-13+. The molecule has 7 nitrogen and oxygen atoms in total. The van der Waals surface area contributed by atoms with Crippen molar-refractivity contribution >= 4 is 17.0 Å². The molecule has 0 saturated heterocycles. The molecule has 0 saturated carbocycles. The van der Waals surface area contributed by atoms with E-state index in [1.54, 1.807) is 30.8 Å². The Hall–Kier alpha value is -2.74. The summed E-state index contributed by atoms with van der Waals surface area (Å²) in [6.45, 7) is 1.96. The lowest BCUT2D eigenvalue weighted by atomic mass is 9.99. The molecular weight excluding hydrogens is 336 g/mol. The van der Waals surface area contributed by atoms with Crippen molar-refractivity contribution in [2.75, 3.05) is 7.11 Å². The molecule has 4 rings (SSSR count). The van der Waals surface area contributed by atoms with Crippen molar-refractivity contribution < 1.29 is 4.84 Å². The first kappa shape index (κ1) is 15.8. The highest BCUT2D eigenvalue weighted by atomic mass is 32.1. The Bertz CT molecular complexity index is 938. The van der Waals surface area contributed by atoms with Crippen molar-refractivity contribution in [1.82, 2.24) is 25.1 Å². The van der Waals surface area contributed by atoms with Gasteiger partial charge >= 0.3 is 0 Å². The van der Waals surface area contributed by atoms with Crippen molar-refractivity contribution in [2.24, 2.45) is 5.16 Å². The zero-order valence-electron chi connectivity index (χ0n) is 13.9. The molecule has 8 heteroatoms. The highest BCUT2D eigenvalue weighted by molar-refractivity contribution is 7.18. The van der Waals surface area contributed by atoms with Gasteiger partial charge in [0.05, 0.1) is 16.3 Å². The van der Waals surface area contributed by atoms with Crippen LogP contribution in [0, 0.1) is 6.92 Å². The average Bonchev–Trinajstić information content (AvgIpc) is 3.04. The van der Waals surface area contributed by atoms with Gasteiger partial charge in [0.25, 0.3) is 0 Å². The van der Waals surface area contributed by atoms with Crippen molar-refractivity contribution in [2.45, 2.75) is 26.2 Å². The summed E-state index contributed by atoms with van der Waals surface area (Å²) in [5.74, 6) is 0.578. The molecule has 3 aromatic rings. The fourth-order valence-electron chi connectivity index (χ4n) is 2.80.